The first-order valence-corrected chi connectivity index (χ1v) is 9.34. The number of hydrogen-bond donors (Lipinski definition) is 0. The van der Waals surface area contributed by atoms with E-state index in [1.54, 1.807) is 0 Å². The second-order valence-electron chi connectivity index (χ2n) is 7.74. The van der Waals surface area contributed by atoms with Crippen LogP contribution in [0, 0.1) is 12.8 Å². The average Bonchev–Trinajstić information content (AvgIpc) is 3.11. The van der Waals surface area contributed by atoms with Crippen LogP contribution < -0.4 is 4.90 Å². The van der Waals surface area contributed by atoms with Crippen molar-refractivity contribution in [3.05, 3.63) is 29.5 Å². The second kappa shape index (κ2) is 5.24. The zero-order valence-corrected chi connectivity index (χ0v) is 14.9. The van der Waals surface area contributed by atoms with Crippen LogP contribution in [0.15, 0.2) is 22.6 Å². The van der Waals surface area contributed by atoms with Gasteiger partial charge >= 0.3 is 6.09 Å². The predicted octanol–water partition coefficient (Wildman–Crippen LogP) is 3.72. The van der Waals surface area contributed by atoms with Gasteiger partial charge in [0.15, 0.2) is 0 Å². The van der Waals surface area contributed by atoms with Crippen LogP contribution in [-0.2, 0) is 11.2 Å². The summed E-state index contributed by atoms with van der Waals surface area (Å²) in [5.41, 5.74) is 2.72. The molecule has 4 aliphatic heterocycles. The minimum atomic E-state index is -0.317. The first-order valence-electron chi connectivity index (χ1n) is 9.34. The van der Waals surface area contributed by atoms with Crippen molar-refractivity contribution in [2.45, 2.75) is 38.7 Å². The van der Waals surface area contributed by atoms with Gasteiger partial charge in [-0.25, -0.2) is 4.79 Å². The standard InChI is InChI=1S/C20H24N2O3/c1-3-16-13(2)24-18-5-4-15(10-17(16)18)22-12-20(25-19(22)23)11-21-8-6-14(20)7-9-21/h4-5,10,14H,3,6-9,11-12H2,1-2H3/t20-/m1/s1. The van der Waals surface area contributed by atoms with Gasteiger partial charge in [0.1, 0.15) is 16.9 Å². The highest BCUT2D eigenvalue weighted by molar-refractivity contribution is 5.94. The summed E-state index contributed by atoms with van der Waals surface area (Å²) < 4.78 is 11.8. The molecule has 1 atom stereocenters. The molecule has 1 aromatic heterocycles. The lowest BCUT2D eigenvalue weighted by molar-refractivity contribution is -0.0881. The minimum absolute atomic E-state index is 0.202. The van der Waals surface area contributed by atoms with Crippen LogP contribution in [0.4, 0.5) is 10.5 Å². The van der Waals surface area contributed by atoms with Crippen LogP contribution in [-0.4, -0.2) is 42.8 Å². The molecule has 1 spiro atoms. The van der Waals surface area contributed by atoms with Crippen LogP contribution in [0.2, 0.25) is 0 Å². The van der Waals surface area contributed by atoms with Crippen molar-refractivity contribution in [3.8, 4) is 0 Å². The number of ether oxygens (including phenoxy) is 1. The number of hydrogen-bond acceptors (Lipinski definition) is 4. The Morgan fingerprint density at radius 3 is 2.72 bits per heavy atom. The number of carbonyl (C=O) groups excluding carboxylic acids is 1. The highest BCUT2D eigenvalue weighted by atomic mass is 16.6. The fourth-order valence-corrected chi connectivity index (χ4v) is 5.08. The van der Waals surface area contributed by atoms with E-state index in [1.807, 2.05) is 24.0 Å². The van der Waals surface area contributed by atoms with Crippen LogP contribution in [0.5, 0.6) is 0 Å². The molecule has 132 valence electrons. The number of aryl methyl sites for hydroxylation is 2. The SMILES string of the molecule is CCc1c(C)oc2ccc(N3C[C@@]4(CN5CCC4CC5)OC3=O)cc12. The predicted molar refractivity (Wildman–Crippen MR) is 96.1 cm³/mol. The summed E-state index contributed by atoms with van der Waals surface area (Å²) in [7, 11) is 0. The Morgan fingerprint density at radius 1 is 1.24 bits per heavy atom. The highest BCUT2D eigenvalue weighted by Crippen LogP contribution is 2.43. The Kier molecular flexibility index (Phi) is 3.20. The monoisotopic (exact) mass is 340 g/mol. The van der Waals surface area contributed by atoms with Crippen LogP contribution >= 0.6 is 0 Å². The van der Waals surface area contributed by atoms with Crippen molar-refractivity contribution in [2.24, 2.45) is 5.92 Å². The maximum absolute atomic E-state index is 12.7. The molecule has 4 saturated heterocycles. The summed E-state index contributed by atoms with van der Waals surface area (Å²) in [6.45, 7) is 7.97. The first-order chi connectivity index (χ1) is 12.1. The average molecular weight is 340 g/mol. The van der Waals surface area contributed by atoms with Crippen LogP contribution in [0.1, 0.15) is 31.1 Å². The van der Waals surface area contributed by atoms with E-state index in [0.29, 0.717) is 12.5 Å². The largest absolute Gasteiger partial charge is 0.461 e. The van der Waals surface area contributed by atoms with Gasteiger partial charge in [0.05, 0.1) is 6.54 Å². The number of amides is 1. The van der Waals surface area contributed by atoms with Crippen molar-refractivity contribution in [1.29, 1.82) is 0 Å². The third-order valence-corrected chi connectivity index (χ3v) is 6.40. The normalized spacial score (nSPS) is 31.3. The first kappa shape index (κ1) is 15.3. The molecule has 4 aliphatic rings. The van der Waals surface area contributed by atoms with Crippen molar-refractivity contribution in [3.63, 3.8) is 0 Å². The van der Waals surface area contributed by atoms with E-state index in [0.717, 1.165) is 61.3 Å². The molecule has 5 nitrogen and oxygen atoms in total. The molecular weight excluding hydrogens is 316 g/mol. The molecule has 25 heavy (non-hydrogen) atoms. The quantitative estimate of drug-likeness (QED) is 0.836. The third kappa shape index (κ3) is 2.15. The van der Waals surface area contributed by atoms with Crippen molar-refractivity contribution < 1.29 is 13.9 Å². The topological polar surface area (TPSA) is 45.9 Å². The van der Waals surface area contributed by atoms with Gasteiger partial charge in [0.25, 0.3) is 0 Å². The maximum atomic E-state index is 12.7. The molecule has 0 radical (unpaired) electrons. The lowest BCUT2D eigenvalue weighted by Crippen LogP contribution is -2.61. The molecule has 5 heterocycles. The molecule has 2 aromatic rings. The molecule has 1 amide bonds. The smallest absolute Gasteiger partial charge is 0.415 e. The number of rotatable bonds is 2. The maximum Gasteiger partial charge on any atom is 0.415 e. The zero-order valence-electron chi connectivity index (χ0n) is 14.9. The van der Waals surface area contributed by atoms with E-state index in [1.165, 1.54) is 5.56 Å². The molecule has 2 bridgehead atoms. The summed E-state index contributed by atoms with van der Waals surface area (Å²) >= 11 is 0. The number of benzene rings is 1. The number of nitrogens with zero attached hydrogens (tertiary/aromatic N) is 2. The van der Waals surface area contributed by atoms with Gasteiger partial charge in [0, 0.05) is 29.1 Å². The summed E-state index contributed by atoms with van der Waals surface area (Å²) in [4.78, 5) is 16.9. The molecule has 0 unspecified atom stereocenters. The van der Waals surface area contributed by atoms with Crippen LogP contribution in [0.25, 0.3) is 11.0 Å². The Labute approximate surface area is 147 Å². The molecule has 0 saturated carbocycles. The van der Waals surface area contributed by atoms with E-state index >= 15 is 0 Å². The minimum Gasteiger partial charge on any atom is -0.461 e. The third-order valence-electron chi connectivity index (χ3n) is 6.40. The lowest BCUT2D eigenvalue weighted by Gasteiger charge is -2.49. The molecule has 4 fully saturated rings. The second-order valence-corrected chi connectivity index (χ2v) is 7.74. The summed E-state index contributed by atoms with van der Waals surface area (Å²) in [5.74, 6) is 1.46. The number of furan rings is 1. The van der Waals surface area contributed by atoms with E-state index in [9.17, 15) is 4.79 Å². The van der Waals surface area contributed by atoms with Crippen molar-refractivity contribution >= 4 is 22.7 Å². The van der Waals surface area contributed by atoms with Crippen LogP contribution in [0.3, 0.4) is 0 Å². The Hall–Kier alpha value is -2.01. The molecule has 1 aromatic carbocycles. The van der Waals surface area contributed by atoms with Crippen molar-refractivity contribution in [1.82, 2.24) is 4.90 Å². The van der Waals surface area contributed by atoms with E-state index in [-0.39, 0.29) is 11.7 Å². The fourth-order valence-electron chi connectivity index (χ4n) is 5.08. The number of piperidine rings is 3. The number of fused-ring (bicyclic) bond motifs is 3. The molecular formula is C20H24N2O3. The molecule has 0 aliphatic carbocycles. The highest BCUT2D eigenvalue weighted by Gasteiger charge is 2.55. The summed E-state index contributed by atoms with van der Waals surface area (Å²) in [6, 6.07) is 6.05. The van der Waals surface area contributed by atoms with E-state index in [4.69, 9.17) is 9.15 Å². The number of carbonyl (C=O) groups is 1. The van der Waals surface area contributed by atoms with Gasteiger partial charge in [-0.1, -0.05) is 6.92 Å². The fraction of sp³-hybridized carbons (Fsp3) is 0.550. The lowest BCUT2D eigenvalue weighted by atomic mass is 9.75. The van der Waals surface area contributed by atoms with Gasteiger partial charge in [-0.2, -0.15) is 0 Å². The molecule has 6 rings (SSSR count). The molecule has 0 N–H and O–H groups in total. The van der Waals surface area contributed by atoms with Gasteiger partial charge in [-0.05, 0) is 57.5 Å². The van der Waals surface area contributed by atoms with Gasteiger partial charge in [0.2, 0.25) is 0 Å². The zero-order chi connectivity index (χ0) is 17.2. The van der Waals surface area contributed by atoms with E-state index in [2.05, 4.69) is 17.9 Å². The van der Waals surface area contributed by atoms with Gasteiger partial charge in [-0.3, -0.25) is 9.80 Å². The summed E-state index contributed by atoms with van der Waals surface area (Å²) in [6.07, 6.45) is 3.00. The van der Waals surface area contributed by atoms with Gasteiger partial charge in [-0.15, -0.1) is 0 Å². The van der Waals surface area contributed by atoms with Gasteiger partial charge < -0.3 is 9.15 Å². The van der Waals surface area contributed by atoms with Crippen molar-refractivity contribution in [2.75, 3.05) is 31.1 Å². The summed E-state index contributed by atoms with van der Waals surface area (Å²) in [5, 5.41) is 1.11. The Bertz CT molecular complexity index is 850. The Balaban J connectivity index is 1.51. The molecule has 5 heteroatoms. The Morgan fingerprint density at radius 2 is 2.04 bits per heavy atom. The van der Waals surface area contributed by atoms with E-state index < -0.39 is 0 Å². The number of anilines is 1.